The van der Waals surface area contributed by atoms with Crippen LogP contribution in [-0.2, 0) is 14.3 Å². The minimum atomic E-state index is -0.440. The topological polar surface area (TPSA) is 56.8 Å². The molecule has 0 bridgehead atoms. The van der Waals surface area contributed by atoms with Crippen LogP contribution in [0.25, 0.3) is 6.08 Å². The monoisotopic (exact) mass is 293 g/mol. The van der Waals surface area contributed by atoms with Crippen molar-refractivity contribution in [3.05, 3.63) is 35.9 Å². The van der Waals surface area contributed by atoms with Crippen molar-refractivity contribution in [2.24, 2.45) is 0 Å². The summed E-state index contributed by atoms with van der Waals surface area (Å²) in [6.07, 6.45) is 2.88. The Hall–Kier alpha value is -1.85. The number of hydrogen-bond donors (Lipinski definition) is 1. The normalized spacial score (nSPS) is 11.3. The first-order valence-electron chi connectivity index (χ1n) is 6.83. The number of rotatable bonds is 8. The van der Waals surface area contributed by atoms with E-state index in [4.69, 9.17) is 14.2 Å². The van der Waals surface area contributed by atoms with Gasteiger partial charge in [-0.25, -0.2) is 0 Å². The average Bonchev–Trinajstić information content (AvgIpc) is 2.46. The summed E-state index contributed by atoms with van der Waals surface area (Å²) in [5, 5.41) is 2.69. The standard InChI is InChI=1S/C16H23NO4/c1-12(2)21-14-7-5-6-13(10-14)8-9-15(18)17-11-16(19-3)20-4/h5-10,12,16H,11H2,1-4H3,(H,17,18)/b9-8+. The number of hydrogen-bond acceptors (Lipinski definition) is 4. The fourth-order valence-corrected chi connectivity index (χ4v) is 1.64. The van der Waals surface area contributed by atoms with Gasteiger partial charge in [-0.05, 0) is 37.6 Å². The van der Waals surface area contributed by atoms with E-state index in [0.717, 1.165) is 11.3 Å². The van der Waals surface area contributed by atoms with Gasteiger partial charge in [0, 0.05) is 20.3 Å². The molecule has 1 rings (SSSR count). The largest absolute Gasteiger partial charge is 0.491 e. The number of carbonyl (C=O) groups excluding carboxylic acids is 1. The van der Waals surface area contributed by atoms with Crippen LogP contribution in [0.5, 0.6) is 5.75 Å². The molecule has 5 heteroatoms. The number of carbonyl (C=O) groups is 1. The SMILES string of the molecule is COC(CNC(=O)/C=C/c1cccc(OC(C)C)c1)OC. The zero-order chi connectivity index (χ0) is 15.7. The van der Waals surface area contributed by atoms with Crippen molar-refractivity contribution >= 4 is 12.0 Å². The Morgan fingerprint density at radius 1 is 1.29 bits per heavy atom. The van der Waals surface area contributed by atoms with Gasteiger partial charge in [0.1, 0.15) is 5.75 Å². The molecule has 0 spiro atoms. The first-order chi connectivity index (χ1) is 10.0. The van der Waals surface area contributed by atoms with Gasteiger partial charge in [0.2, 0.25) is 5.91 Å². The molecular formula is C16H23NO4. The molecule has 21 heavy (non-hydrogen) atoms. The second-order valence-corrected chi connectivity index (χ2v) is 4.72. The Labute approximate surface area is 125 Å². The molecule has 0 aliphatic heterocycles. The van der Waals surface area contributed by atoms with E-state index in [1.54, 1.807) is 6.08 Å². The Morgan fingerprint density at radius 3 is 2.62 bits per heavy atom. The van der Waals surface area contributed by atoms with Crippen LogP contribution in [0.15, 0.2) is 30.3 Å². The van der Waals surface area contributed by atoms with Crippen molar-refractivity contribution in [3.63, 3.8) is 0 Å². The van der Waals surface area contributed by atoms with Gasteiger partial charge in [0.25, 0.3) is 0 Å². The quantitative estimate of drug-likeness (QED) is 0.590. The average molecular weight is 293 g/mol. The predicted octanol–water partition coefficient (Wildman–Crippen LogP) is 2.22. The lowest BCUT2D eigenvalue weighted by Crippen LogP contribution is -2.33. The van der Waals surface area contributed by atoms with Crippen LogP contribution < -0.4 is 10.1 Å². The van der Waals surface area contributed by atoms with E-state index in [1.807, 2.05) is 38.1 Å². The summed E-state index contributed by atoms with van der Waals surface area (Å²) in [4.78, 5) is 11.7. The van der Waals surface area contributed by atoms with Gasteiger partial charge in [0.15, 0.2) is 6.29 Å². The van der Waals surface area contributed by atoms with Crippen LogP contribution in [-0.4, -0.2) is 39.1 Å². The Balaban J connectivity index is 2.53. The number of methoxy groups -OCH3 is 2. The maximum Gasteiger partial charge on any atom is 0.244 e. The molecule has 0 aliphatic carbocycles. The van der Waals surface area contributed by atoms with Gasteiger partial charge in [-0.15, -0.1) is 0 Å². The lowest BCUT2D eigenvalue weighted by atomic mass is 10.2. The second kappa shape index (κ2) is 9.15. The lowest BCUT2D eigenvalue weighted by molar-refractivity contribution is -0.123. The fraction of sp³-hybridized carbons (Fsp3) is 0.438. The molecule has 1 aromatic carbocycles. The first kappa shape index (κ1) is 17.2. The van der Waals surface area contributed by atoms with Crippen molar-refractivity contribution in [1.29, 1.82) is 0 Å². The Kier molecular flexibility index (Phi) is 7.50. The maximum atomic E-state index is 11.7. The minimum absolute atomic E-state index is 0.118. The van der Waals surface area contributed by atoms with Gasteiger partial charge >= 0.3 is 0 Å². The third-order valence-corrected chi connectivity index (χ3v) is 2.63. The van der Waals surface area contributed by atoms with E-state index in [2.05, 4.69) is 5.32 Å². The smallest absolute Gasteiger partial charge is 0.244 e. The fourth-order valence-electron chi connectivity index (χ4n) is 1.64. The molecule has 0 radical (unpaired) electrons. The highest BCUT2D eigenvalue weighted by Crippen LogP contribution is 2.15. The Bertz CT molecular complexity index is 467. The summed E-state index contributed by atoms with van der Waals surface area (Å²) in [5.74, 6) is 0.579. The van der Waals surface area contributed by atoms with E-state index in [1.165, 1.54) is 20.3 Å². The van der Waals surface area contributed by atoms with E-state index >= 15 is 0 Å². The van der Waals surface area contributed by atoms with Crippen LogP contribution in [0.4, 0.5) is 0 Å². The van der Waals surface area contributed by atoms with Crippen LogP contribution in [0.1, 0.15) is 19.4 Å². The van der Waals surface area contributed by atoms with E-state index < -0.39 is 6.29 Å². The summed E-state index contributed by atoms with van der Waals surface area (Å²) in [5.41, 5.74) is 0.901. The Morgan fingerprint density at radius 2 is 2.00 bits per heavy atom. The van der Waals surface area contributed by atoms with Crippen molar-refractivity contribution in [1.82, 2.24) is 5.32 Å². The highest BCUT2D eigenvalue weighted by molar-refractivity contribution is 5.91. The van der Waals surface area contributed by atoms with E-state index in [9.17, 15) is 4.79 Å². The van der Waals surface area contributed by atoms with Gasteiger partial charge < -0.3 is 19.5 Å². The van der Waals surface area contributed by atoms with Crippen LogP contribution in [0.2, 0.25) is 0 Å². The van der Waals surface area contributed by atoms with E-state index in [0.29, 0.717) is 6.54 Å². The minimum Gasteiger partial charge on any atom is -0.491 e. The van der Waals surface area contributed by atoms with Gasteiger partial charge in [-0.2, -0.15) is 0 Å². The number of amides is 1. The summed E-state index contributed by atoms with van der Waals surface area (Å²) in [6.45, 7) is 4.24. The first-order valence-corrected chi connectivity index (χ1v) is 6.83. The lowest BCUT2D eigenvalue weighted by Gasteiger charge is -2.12. The van der Waals surface area contributed by atoms with Gasteiger partial charge in [0.05, 0.1) is 12.6 Å². The molecule has 0 heterocycles. The molecule has 0 saturated carbocycles. The molecular weight excluding hydrogens is 270 g/mol. The maximum absolute atomic E-state index is 11.7. The number of ether oxygens (including phenoxy) is 3. The molecule has 1 amide bonds. The molecule has 0 aliphatic rings. The van der Waals surface area contributed by atoms with Gasteiger partial charge in [-0.1, -0.05) is 12.1 Å². The summed E-state index contributed by atoms with van der Waals surface area (Å²) in [6, 6.07) is 7.57. The van der Waals surface area contributed by atoms with Crippen LogP contribution >= 0.6 is 0 Å². The molecule has 0 aromatic heterocycles. The molecule has 0 fully saturated rings. The summed E-state index contributed by atoms with van der Waals surface area (Å²) in [7, 11) is 3.05. The van der Waals surface area contributed by atoms with Crippen LogP contribution in [0, 0.1) is 0 Å². The molecule has 5 nitrogen and oxygen atoms in total. The molecule has 0 saturated heterocycles. The number of nitrogens with one attached hydrogen (secondary N) is 1. The van der Waals surface area contributed by atoms with Crippen molar-refractivity contribution < 1.29 is 19.0 Å². The third kappa shape index (κ3) is 6.92. The predicted molar refractivity (Wildman–Crippen MR) is 82.1 cm³/mol. The summed E-state index contributed by atoms with van der Waals surface area (Å²) >= 11 is 0. The highest BCUT2D eigenvalue weighted by atomic mass is 16.7. The zero-order valence-corrected chi connectivity index (χ0v) is 13.0. The van der Waals surface area contributed by atoms with Crippen molar-refractivity contribution in [2.75, 3.05) is 20.8 Å². The molecule has 116 valence electrons. The van der Waals surface area contributed by atoms with Gasteiger partial charge in [-0.3, -0.25) is 4.79 Å². The molecule has 1 aromatic rings. The van der Waals surface area contributed by atoms with Crippen molar-refractivity contribution in [3.8, 4) is 5.75 Å². The molecule has 0 unspecified atom stereocenters. The van der Waals surface area contributed by atoms with Crippen LogP contribution in [0.3, 0.4) is 0 Å². The van der Waals surface area contributed by atoms with Crippen molar-refractivity contribution in [2.45, 2.75) is 26.2 Å². The zero-order valence-electron chi connectivity index (χ0n) is 13.0. The number of benzene rings is 1. The van der Waals surface area contributed by atoms with E-state index in [-0.39, 0.29) is 12.0 Å². The second-order valence-electron chi connectivity index (χ2n) is 4.72. The molecule has 1 N–H and O–H groups in total. The summed E-state index contributed by atoms with van der Waals surface area (Å²) < 4.78 is 15.6. The molecule has 0 atom stereocenters. The third-order valence-electron chi connectivity index (χ3n) is 2.63. The highest BCUT2D eigenvalue weighted by Gasteiger charge is 2.05.